The Labute approximate surface area is 143 Å². The number of pyridine rings is 1. The molecule has 0 aromatic carbocycles. The third kappa shape index (κ3) is 2.46. The van der Waals surface area contributed by atoms with Crippen LogP contribution in [0.1, 0.15) is 11.5 Å². The molecule has 4 rings (SSSR count). The Balaban J connectivity index is 1.70. The van der Waals surface area contributed by atoms with Gasteiger partial charge in [0.15, 0.2) is 0 Å². The maximum atomic E-state index is 13.1. The molecule has 0 amide bonds. The average molecular weight is 363 g/mol. The van der Waals surface area contributed by atoms with E-state index in [2.05, 4.69) is 9.97 Å². The second-order valence-electron chi connectivity index (χ2n) is 5.98. The number of fused-ring (bicyclic) bond motifs is 1. The van der Waals surface area contributed by atoms with Crippen LogP contribution in [-0.4, -0.2) is 47.5 Å². The van der Waals surface area contributed by atoms with Gasteiger partial charge in [-0.1, -0.05) is 0 Å². The lowest BCUT2D eigenvalue weighted by atomic mass is 9.92. The first kappa shape index (κ1) is 15.8. The van der Waals surface area contributed by atoms with Crippen LogP contribution in [0.5, 0.6) is 0 Å². The van der Waals surface area contributed by atoms with E-state index in [9.17, 15) is 13.5 Å². The van der Waals surface area contributed by atoms with Crippen LogP contribution in [0.3, 0.4) is 0 Å². The molecule has 3 aromatic heterocycles. The van der Waals surface area contributed by atoms with Gasteiger partial charge in [0.1, 0.15) is 10.5 Å². The van der Waals surface area contributed by atoms with Gasteiger partial charge in [-0.15, -0.1) is 0 Å². The van der Waals surface area contributed by atoms with Crippen molar-refractivity contribution in [3.05, 3.63) is 46.9 Å². The molecule has 6 nitrogen and oxygen atoms in total. The van der Waals surface area contributed by atoms with Crippen LogP contribution in [0.25, 0.3) is 11.0 Å². The highest BCUT2D eigenvalue weighted by atomic mass is 32.2. The number of hydrogen-bond acceptors (Lipinski definition) is 5. The molecule has 4 heterocycles. The zero-order valence-electron chi connectivity index (χ0n) is 12.8. The van der Waals surface area contributed by atoms with Gasteiger partial charge < -0.3 is 10.1 Å². The van der Waals surface area contributed by atoms with Gasteiger partial charge in [0.05, 0.1) is 0 Å². The molecule has 8 heteroatoms. The van der Waals surface area contributed by atoms with E-state index in [4.69, 9.17) is 0 Å². The Hall–Kier alpha value is -1.74. The van der Waals surface area contributed by atoms with Gasteiger partial charge in [0.2, 0.25) is 10.0 Å². The molecule has 0 radical (unpaired) electrons. The average Bonchev–Trinajstić information content (AvgIpc) is 3.31. The first-order valence-corrected chi connectivity index (χ1v) is 10.0. The summed E-state index contributed by atoms with van der Waals surface area (Å²) in [6.07, 6.45) is 3.12. The lowest BCUT2D eigenvalue weighted by Gasteiger charge is -2.15. The summed E-state index contributed by atoms with van der Waals surface area (Å²) in [4.78, 5) is 7.31. The van der Waals surface area contributed by atoms with Crippen molar-refractivity contribution in [3.8, 4) is 0 Å². The molecule has 3 aromatic rings. The number of sulfonamides is 1. The van der Waals surface area contributed by atoms with Gasteiger partial charge in [-0.25, -0.2) is 13.4 Å². The van der Waals surface area contributed by atoms with Gasteiger partial charge in [0.25, 0.3) is 0 Å². The van der Waals surface area contributed by atoms with Crippen molar-refractivity contribution in [3.63, 3.8) is 0 Å². The number of hydrogen-bond donors (Lipinski definition) is 2. The molecule has 24 heavy (non-hydrogen) atoms. The molecule has 0 spiro atoms. The molecular weight excluding hydrogens is 346 g/mol. The van der Waals surface area contributed by atoms with E-state index >= 15 is 0 Å². The van der Waals surface area contributed by atoms with Crippen LogP contribution < -0.4 is 0 Å². The molecule has 126 valence electrons. The maximum absolute atomic E-state index is 13.1. The Kier molecular flexibility index (Phi) is 3.92. The number of H-pyrrole nitrogens is 1. The quantitative estimate of drug-likeness (QED) is 0.742. The SMILES string of the molecule is O=S(=O)(c1c[nH]c2ncccc12)N1C[C@H](CO)[C@@H](c2ccsc2)C1. The standard InChI is InChI=1S/C16H17N3O3S2/c20-9-12-7-19(8-14(12)11-3-5-23-10-11)24(21,22)15-6-18-16-13(15)2-1-4-17-16/h1-6,10,12,14,20H,7-9H2,(H,17,18)/t12-,14-/m1/s1. The van der Waals surface area contributed by atoms with E-state index < -0.39 is 10.0 Å². The largest absolute Gasteiger partial charge is 0.396 e. The van der Waals surface area contributed by atoms with Crippen LogP contribution in [0.2, 0.25) is 0 Å². The Morgan fingerprint density at radius 1 is 1.38 bits per heavy atom. The second kappa shape index (κ2) is 5.96. The fraction of sp³-hybridized carbons (Fsp3) is 0.312. The van der Waals surface area contributed by atoms with E-state index in [0.29, 0.717) is 24.1 Å². The minimum absolute atomic E-state index is 0.0258. The van der Waals surface area contributed by atoms with Gasteiger partial charge >= 0.3 is 0 Å². The highest BCUT2D eigenvalue weighted by molar-refractivity contribution is 7.89. The molecular formula is C16H17N3O3S2. The van der Waals surface area contributed by atoms with E-state index in [1.54, 1.807) is 29.7 Å². The molecule has 1 aliphatic heterocycles. The van der Waals surface area contributed by atoms with Crippen LogP contribution in [0, 0.1) is 5.92 Å². The monoisotopic (exact) mass is 363 g/mol. The van der Waals surface area contributed by atoms with Crippen molar-refractivity contribution in [2.75, 3.05) is 19.7 Å². The van der Waals surface area contributed by atoms with Gasteiger partial charge in [-0.3, -0.25) is 0 Å². The summed E-state index contributed by atoms with van der Waals surface area (Å²) in [7, 11) is -3.63. The zero-order valence-corrected chi connectivity index (χ0v) is 14.4. The molecule has 2 atom stereocenters. The Bertz CT molecular complexity index is 950. The first-order valence-electron chi connectivity index (χ1n) is 7.66. The van der Waals surface area contributed by atoms with Gasteiger partial charge in [-0.05, 0) is 34.5 Å². The number of rotatable bonds is 4. The second-order valence-corrected chi connectivity index (χ2v) is 8.67. The third-order valence-electron chi connectivity index (χ3n) is 4.64. The van der Waals surface area contributed by atoms with Gasteiger partial charge in [0, 0.05) is 49.3 Å². The number of nitrogens with one attached hydrogen (secondary N) is 1. The summed E-state index contributed by atoms with van der Waals surface area (Å²) in [5, 5.41) is 14.3. The van der Waals surface area contributed by atoms with Gasteiger partial charge in [-0.2, -0.15) is 15.6 Å². The Morgan fingerprint density at radius 2 is 2.25 bits per heavy atom. The molecule has 1 saturated heterocycles. The normalized spacial score (nSPS) is 22.4. The first-order chi connectivity index (χ1) is 11.6. The molecule has 0 aliphatic carbocycles. The highest BCUT2D eigenvalue weighted by Gasteiger charge is 2.40. The highest BCUT2D eigenvalue weighted by Crippen LogP contribution is 2.37. The predicted molar refractivity (Wildman–Crippen MR) is 92.5 cm³/mol. The molecule has 2 N–H and O–H groups in total. The number of aromatic amines is 1. The van der Waals surface area contributed by atoms with Crippen molar-refractivity contribution >= 4 is 32.4 Å². The molecule has 0 unspecified atom stereocenters. The van der Waals surface area contributed by atoms with Crippen molar-refractivity contribution in [2.24, 2.45) is 5.92 Å². The number of aliphatic hydroxyl groups excluding tert-OH is 1. The lowest BCUT2D eigenvalue weighted by molar-refractivity contribution is 0.223. The number of aliphatic hydroxyl groups is 1. The zero-order chi connectivity index (χ0) is 16.7. The lowest BCUT2D eigenvalue weighted by Crippen LogP contribution is -2.29. The fourth-order valence-electron chi connectivity index (χ4n) is 3.36. The van der Waals surface area contributed by atoms with Crippen molar-refractivity contribution < 1.29 is 13.5 Å². The Morgan fingerprint density at radius 3 is 3.00 bits per heavy atom. The minimum Gasteiger partial charge on any atom is -0.396 e. The smallest absolute Gasteiger partial charge is 0.245 e. The summed E-state index contributed by atoms with van der Waals surface area (Å²) in [5.41, 5.74) is 1.65. The van der Waals surface area contributed by atoms with E-state index in [-0.39, 0.29) is 23.3 Å². The van der Waals surface area contributed by atoms with Crippen LogP contribution in [-0.2, 0) is 10.0 Å². The topological polar surface area (TPSA) is 86.3 Å². The summed E-state index contributed by atoms with van der Waals surface area (Å²) in [5.74, 6) is -0.0583. The maximum Gasteiger partial charge on any atom is 0.245 e. The molecule has 1 aliphatic rings. The number of thiophene rings is 1. The summed E-state index contributed by atoms with van der Waals surface area (Å²) >= 11 is 1.58. The summed E-state index contributed by atoms with van der Waals surface area (Å²) in [6, 6.07) is 5.48. The van der Waals surface area contributed by atoms with E-state index in [1.807, 2.05) is 16.8 Å². The minimum atomic E-state index is -3.63. The fourth-order valence-corrected chi connectivity index (χ4v) is 5.76. The predicted octanol–water partition coefficient (Wildman–Crippen LogP) is 2.02. The van der Waals surface area contributed by atoms with Crippen molar-refractivity contribution in [1.82, 2.24) is 14.3 Å². The van der Waals surface area contributed by atoms with Crippen LogP contribution >= 0.6 is 11.3 Å². The van der Waals surface area contributed by atoms with Crippen LogP contribution in [0.4, 0.5) is 0 Å². The molecule has 1 fully saturated rings. The van der Waals surface area contributed by atoms with Crippen molar-refractivity contribution in [1.29, 1.82) is 0 Å². The summed E-state index contributed by atoms with van der Waals surface area (Å²) < 4.78 is 27.6. The molecule has 0 saturated carbocycles. The van der Waals surface area contributed by atoms with E-state index in [0.717, 1.165) is 5.56 Å². The third-order valence-corrected chi connectivity index (χ3v) is 7.22. The van der Waals surface area contributed by atoms with Crippen LogP contribution in [0.15, 0.2) is 46.2 Å². The summed E-state index contributed by atoms with van der Waals surface area (Å²) in [6.45, 7) is 0.686. The number of nitrogens with zero attached hydrogens (tertiary/aromatic N) is 2. The number of aromatic nitrogens is 2. The molecule has 0 bridgehead atoms. The van der Waals surface area contributed by atoms with Crippen molar-refractivity contribution in [2.45, 2.75) is 10.8 Å². The van der Waals surface area contributed by atoms with E-state index in [1.165, 1.54) is 10.5 Å².